The number of likely N-dealkylation sites (tertiary alicyclic amines) is 1. The third-order valence-corrected chi connectivity index (χ3v) is 6.48. The first-order valence-electron chi connectivity index (χ1n) is 10.6. The zero-order valence-electron chi connectivity index (χ0n) is 18.8. The molecule has 3 rings (SSSR count). The van der Waals surface area contributed by atoms with Crippen molar-refractivity contribution in [1.82, 2.24) is 9.80 Å². The summed E-state index contributed by atoms with van der Waals surface area (Å²) in [6.45, 7) is 5.04. The summed E-state index contributed by atoms with van der Waals surface area (Å²) in [5, 5.41) is 4.96. The van der Waals surface area contributed by atoms with E-state index in [1.54, 1.807) is 14.2 Å². The van der Waals surface area contributed by atoms with Crippen molar-refractivity contribution >= 4 is 34.6 Å². The lowest BCUT2D eigenvalue weighted by Gasteiger charge is -2.39. The maximum absolute atomic E-state index is 6.12. The molecule has 2 aromatic rings. The van der Waals surface area contributed by atoms with Crippen molar-refractivity contribution in [2.45, 2.75) is 32.2 Å². The molecule has 5 nitrogen and oxygen atoms in total. The second-order valence-corrected chi connectivity index (χ2v) is 8.88. The molecule has 1 fully saturated rings. The Bertz CT molecular complexity index is 900. The molecule has 0 atom stereocenters. The van der Waals surface area contributed by atoms with Crippen LogP contribution in [0.1, 0.15) is 24.0 Å². The van der Waals surface area contributed by atoms with Crippen LogP contribution in [0, 0.1) is 6.92 Å². The Kier molecular flexibility index (Phi) is 8.41. The SMILES string of the molecule is COc1ccc(CCN(C(=S)Nc2ccc(Cl)cc2C)C2CCN(C)CC2)cc1OC. The molecule has 1 heterocycles. The summed E-state index contributed by atoms with van der Waals surface area (Å²) in [5.74, 6) is 1.50. The van der Waals surface area contributed by atoms with Gasteiger partial charge in [0.15, 0.2) is 16.6 Å². The van der Waals surface area contributed by atoms with Crippen LogP contribution in [-0.2, 0) is 6.42 Å². The Labute approximate surface area is 196 Å². The summed E-state index contributed by atoms with van der Waals surface area (Å²) in [5.41, 5.74) is 3.28. The second kappa shape index (κ2) is 11.0. The molecule has 0 amide bonds. The number of hydrogen-bond acceptors (Lipinski definition) is 4. The third kappa shape index (κ3) is 6.25. The summed E-state index contributed by atoms with van der Waals surface area (Å²) in [6.07, 6.45) is 3.07. The number of anilines is 1. The highest BCUT2D eigenvalue weighted by Gasteiger charge is 2.25. The maximum Gasteiger partial charge on any atom is 0.173 e. The molecule has 0 spiro atoms. The number of nitrogens with one attached hydrogen (secondary N) is 1. The van der Waals surface area contributed by atoms with E-state index in [0.717, 1.165) is 71.8 Å². The Morgan fingerprint density at radius 1 is 1.13 bits per heavy atom. The number of rotatable bonds is 7. The van der Waals surface area contributed by atoms with Crippen LogP contribution in [0.4, 0.5) is 5.69 Å². The molecule has 168 valence electrons. The first-order valence-corrected chi connectivity index (χ1v) is 11.4. The number of nitrogens with zero attached hydrogens (tertiary/aromatic N) is 2. The number of ether oxygens (including phenoxy) is 2. The van der Waals surface area contributed by atoms with E-state index in [1.807, 2.05) is 37.3 Å². The third-order valence-electron chi connectivity index (χ3n) is 5.91. The van der Waals surface area contributed by atoms with Crippen molar-refractivity contribution in [2.24, 2.45) is 0 Å². The van der Waals surface area contributed by atoms with Crippen LogP contribution in [0.3, 0.4) is 0 Å². The van der Waals surface area contributed by atoms with E-state index in [2.05, 4.69) is 28.2 Å². The van der Waals surface area contributed by atoms with E-state index in [4.69, 9.17) is 33.3 Å². The predicted molar refractivity (Wildman–Crippen MR) is 133 cm³/mol. The van der Waals surface area contributed by atoms with Crippen molar-refractivity contribution < 1.29 is 9.47 Å². The van der Waals surface area contributed by atoms with Crippen molar-refractivity contribution in [3.8, 4) is 11.5 Å². The van der Waals surface area contributed by atoms with E-state index in [9.17, 15) is 0 Å². The quantitative estimate of drug-likeness (QED) is 0.585. The van der Waals surface area contributed by atoms with Crippen LogP contribution in [0.2, 0.25) is 5.02 Å². The van der Waals surface area contributed by atoms with Crippen molar-refractivity contribution in [3.63, 3.8) is 0 Å². The number of aryl methyl sites for hydroxylation is 1. The van der Waals surface area contributed by atoms with Gasteiger partial charge in [0.05, 0.1) is 14.2 Å². The molecule has 7 heteroatoms. The minimum absolute atomic E-state index is 0.420. The van der Waals surface area contributed by atoms with Gasteiger partial charge >= 0.3 is 0 Å². The minimum atomic E-state index is 0.420. The standard InChI is InChI=1S/C24H32ClN3O2S/c1-17-15-19(25)6-7-21(17)26-24(31)28(20-10-12-27(2)13-11-20)14-9-18-5-8-22(29-3)23(16-18)30-4/h5-8,15-16,20H,9-14H2,1-4H3,(H,26,31). The van der Waals surface area contributed by atoms with Gasteiger partial charge in [-0.1, -0.05) is 17.7 Å². The molecule has 1 aliphatic heterocycles. The first-order chi connectivity index (χ1) is 14.9. The van der Waals surface area contributed by atoms with Crippen LogP contribution < -0.4 is 14.8 Å². The van der Waals surface area contributed by atoms with E-state index in [0.29, 0.717) is 6.04 Å². The van der Waals surface area contributed by atoms with E-state index in [1.165, 1.54) is 5.56 Å². The maximum atomic E-state index is 6.12. The summed E-state index contributed by atoms with van der Waals surface area (Å²) in [7, 11) is 5.50. The molecular weight excluding hydrogens is 430 g/mol. The fourth-order valence-corrected chi connectivity index (χ4v) is 4.57. The topological polar surface area (TPSA) is 37.0 Å². The van der Waals surface area contributed by atoms with Crippen LogP contribution >= 0.6 is 23.8 Å². The highest BCUT2D eigenvalue weighted by atomic mass is 35.5. The molecule has 1 aliphatic rings. The second-order valence-electron chi connectivity index (χ2n) is 8.06. The lowest BCUT2D eigenvalue weighted by atomic mass is 10.0. The summed E-state index contributed by atoms with van der Waals surface area (Å²) >= 11 is 12.0. The molecule has 31 heavy (non-hydrogen) atoms. The van der Waals surface area contributed by atoms with E-state index in [-0.39, 0.29) is 0 Å². The summed E-state index contributed by atoms with van der Waals surface area (Å²) in [4.78, 5) is 4.73. The molecule has 0 bridgehead atoms. The highest BCUT2D eigenvalue weighted by Crippen LogP contribution is 2.28. The van der Waals surface area contributed by atoms with Gasteiger partial charge in [0.2, 0.25) is 0 Å². The Morgan fingerprint density at radius 2 is 1.84 bits per heavy atom. The van der Waals surface area contributed by atoms with Crippen molar-refractivity contribution in [3.05, 3.63) is 52.5 Å². The first kappa shape index (κ1) is 23.6. The monoisotopic (exact) mass is 461 g/mol. The molecule has 1 saturated heterocycles. The predicted octanol–water partition coefficient (Wildman–Crippen LogP) is 5.00. The van der Waals surface area contributed by atoms with Crippen LogP contribution in [-0.4, -0.2) is 61.9 Å². The normalized spacial score (nSPS) is 14.9. The lowest BCUT2D eigenvalue weighted by Crippen LogP contribution is -2.48. The lowest BCUT2D eigenvalue weighted by molar-refractivity contribution is 0.178. The minimum Gasteiger partial charge on any atom is -0.493 e. The molecule has 0 saturated carbocycles. The Morgan fingerprint density at radius 3 is 2.48 bits per heavy atom. The molecule has 2 aromatic carbocycles. The molecule has 0 unspecified atom stereocenters. The smallest absolute Gasteiger partial charge is 0.173 e. The summed E-state index contributed by atoms with van der Waals surface area (Å²) < 4.78 is 10.8. The number of thiocarbonyl (C=S) groups is 1. The number of methoxy groups -OCH3 is 2. The zero-order chi connectivity index (χ0) is 22.4. The largest absolute Gasteiger partial charge is 0.493 e. The molecule has 0 aromatic heterocycles. The van der Waals surface area contributed by atoms with Gasteiger partial charge in [-0.3, -0.25) is 0 Å². The van der Waals surface area contributed by atoms with Gasteiger partial charge in [-0.05, 0) is 100.0 Å². The van der Waals surface area contributed by atoms with E-state index >= 15 is 0 Å². The number of benzene rings is 2. The van der Waals surface area contributed by atoms with Crippen LogP contribution in [0.5, 0.6) is 11.5 Å². The van der Waals surface area contributed by atoms with Gasteiger partial charge in [0, 0.05) is 23.3 Å². The Hall–Kier alpha value is -2.02. The van der Waals surface area contributed by atoms with Gasteiger partial charge in [-0.15, -0.1) is 0 Å². The molecule has 1 N–H and O–H groups in total. The number of halogens is 1. The van der Waals surface area contributed by atoms with Crippen molar-refractivity contribution in [2.75, 3.05) is 46.2 Å². The average Bonchev–Trinajstić information content (AvgIpc) is 2.76. The fraction of sp³-hybridized carbons (Fsp3) is 0.458. The molecule has 0 radical (unpaired) electrons. The van der Waals surface area contributed by atoms with Gasteiger partial charge in [-0.2, -0.15) is 0 Å². The highest BCUT2D eigenvalue weighted by molar-refractivity contribution is 7.80. The van der Waals surface area contributed by atoms with Gasteiger partial charge in [0.25, 0.3) is 0 Å². The van der Waals surface area contributed by atoms with Gasteiger partial charge < -0.3 is 24.6 Å². The zero-order valence-corrected chi connectivity index (χ0v) is 20.4. The van der Waals surface area contributed by atoms with Gasteiger partial charge in [-0.25, -0.2) is 0 Å². The Balaban J connectivity index is 1.75. The van der Waals surface area contributed by atoms with Crippen LogP contribution in [0.25, 0.3) is 0 Å². The number of hydrogen-bond donors (Lipinski definition) is 1. The average molecular weight is 462 g/mol. The van der Waals surface area contributed by atoms with E-state index < -0.39 is 0 Å². The van der Waals surface area contributed by atoms with Crippen molar-refractivity contribution in [1.29, 1.82) is 0 Å². The number of piperidine rings is 1. The fourth-order valence-electron chi connectivity index (χ4n) is 4.00. The summed E-state index contributed by atoms with van der Waals surface area (Å²) in [6, 6.07) is 12.4. The molecular formula is C24H32ClN3O2S. The van der Waals surface area contributed by atoms with Crippen LogP contribution in [0.15, 0.2) is 36.4 Å². The van der Waals surface area contributed by atoms with Gasteiger partial charge in [0.1, 0.15) is 0 Å². The molecule has 0 aliphatic carbocycles.